The molecule has 1 aromatic rings. The van der Waals surface area contributed by atoms with Crippen molar-refractivity contribution >= 4 is 11.7 Å². The first-order valence-corrected chi connectivity index (χ1v) is 5.11. The van der Waals surface area contributed by atoms with Crippen molar-refractivity contribution in [2.24, 2.45) is 0 Å². The Kier molecular flexibility index (Phi) is 4.48. The van der Waals surface area contributed by atoms with Crippen LogP contribution in [-0.4, -0.2) is 29.3 Å². The van der Waals surface area contributed by atoms with E-state index < -0.39 is 35.1 Å². The van der Waals surface area contributed by atoms with Gasteiger partial charge in [0.05, 0.1) is 30.2 Å². The lowest BCUT2D eigenvalue weighted by molar-refractivity contribution is -0.389. The summed E-state index contributed by atoms with van der Waals surface area (Å²) in [6, 6.07) is 0. The molecular formula is C10H9F3N2O5. The van der Waals surface area contributed by atoms with E-state index in [1.807, 2.05) is 0 Å². The normalized spacial score (nSPS) is 11.1. The van der Waals surface area contributed by atoms with E-state index in [0.717, 1.165) is 7.11 Å². The number of pyridine rings is 1. The average molecular weight is 294 g/mol. The van der Waals surface area contributed by atoms with Gasteiger partial charge < -0.3 is 9.47 Å². The van der Waals surface area contributed by atoms with Crippen molar-refractivity contribution in [1.29, 1.82) is 0 Å². The molecule has 0 aliphatic carbocycles. The van der Waals surface area contributed by atoms with Crippen LogP contribution in [0.25, 0.3) is 0 Å². The fourth-order valence-corrected chi connectivity index (χ4v) is 1.44. The summed E-state index contributed by atoms with van der Waals surface area (Å²) in [4.78, 5) is 24.6. The van der Waals surface area contributed by atoms with Gasteiger partial charge in [-0.3, -0.25) is 19.9 Å². The summed E-state index contributed by atoms with van der Waals surface area (Å²) in [5.41, 5.74) is -1.21. The molecule has 0 fully saturated rings. The number of nitro groups is 1. The lowest BCUT2D eigenvalue weighted by Crippen LogP contribution is -2.19. The molecule has 110 valence electrons. The number of rotatable bonds is 4. The summed E-state index contributed by atoms with van der Waals surface area (Å²) in [5.74, 6) is -1.92. The number of halogens is 3. The number of aromatic nitrogens is 1. The van der Waals surface area contributed by atoms with Gasteiger partial charge in [-0.25, -0.2) is 0 Å². The Morgan fingerprint density at radius 1 is 1.50 bits per heavy atom. The maximum atomic E-state index is 12.2. The van der Waals surface area contributed by atoms with Crippen molar-refractivity contribution < 1.29 is 32.4 Å². The van der Waals surface area contributed by atoms with Gasteiger partial charge in [0.1, 0.15) is 0 Å². The van der Waals surface area contributed by atoms with E-state index in [2.05, 4.69) is 14.5 Å². The molecule has 0 saturated carbocycles. The first-order chi connectivity index (χ1) is 9.15. The Morgan fingerprint density at radius 3 is 2.55 bits per heavy atom. The van der Waals surface area contributed by atoms with E-state index in [4.69, 9.17) is 0 Å². The second-order valence-corrected chi connectivity index (χ2v) is 3.59. The second-order valence-electron chi connectivity index (χ2n) is 3.59. The zero-order chi connectivity index (χ0) is 15.5. The van der Waals surface area contributed by atoms with Crippen molar-refractivity contribution in [3.05, 3.63) is 27.6 Å². The van der Waals surface area contributed by atoms with Crippen molar-refractivity contribution in [3.63, 3.8) is 0 Å². The van der Waals surface area contributed by atoms with Crippen LogP contribution < -0.4 is 4.74 Å². The van der Waals surface area contributed by atoms with Gasteiger partial charge in [0.15, 0.2) is 0 Å². The monoisotopic (exact) mass is 294 g/mol. The Morgan fingerprint density at radius 2 is 2.10 bits per heavy atom. The molecule has 7 nitrogen and oxygen atoms in total. The Hall–Kier alpha value is -2.39. The van der Waals surface area contributed by atoms with Gasteiger partial charge in [-0.05, 0) is 6.92 Å². The van der Waals surface area contributed by atoms with Crippen LogP contribution in [0.15, 0.2) is 6.20 Å². The van der Waals surface area contributed by atoms with Crippen LogP contribution in [0.5, 0.6) is 5.75 Å². The molecule has 0 spiro atoms. The summed E-state index contributed by atoms with van der Waals surface area (Å²) in [7, 11) is 1.05. The molecule has 10 heteroatoms. The van der Waals surface area contributed by atoms with Crippen LogP contribution in [0.1, 0.15) is 11.3 Å². The second kappa shape index (κ2) is 5.72. The van der Waals surface area contributed by atoms with Gasteiger partial charge in [0.25, 0.3) is 0 Å². The molecule has 0 radical (unpaired) electrons. The Balaban J connectivity index is 3.37. The van der Waals surface area contributed by atoms with Gasteiger partial charge in [0, 0.05) is 5.69 Å². The SMILES string of the molecule is COC(=O)Cc1c(C)ncc(OC(F)(F)F)c1[N+](=O)[O-]. The highest BCUT2D eigenvalue weighted by Crippen LogP contribution is 2.35. The maximum Gasteiger partial charge on any atom is 0.573 e. The Bertz CT molecular complexity index is 544. The summed E-state index contributed by atoms with van der Waals surface area (Å²) in [5, 5.41) is 10.9. The van der Waals surface area contributed by atoms with E-state index in [0.29, 0.717) is 6.20 Å². The van der Waals surface area contributed by atoms with E-state index in [-0.39, 0.29) is 11.3 Å². The van der Waals surface area contributed by atoms with Gasteiger partial charge in [-0.15, -0.1) is 13.2 Å². The third kappa shape index (κ3) is 3.80. The van der Waals surface area contributed by atoms with Gasteiger partial charge in [-0.1, -0.05) is 0 Å². The minimum atomic E-state index is -5.11. The van der Waals surface area contributed by atoms with Crippen molar-refractivity contribution in [2.75, 3.05) is 7.11 Å². The minimum Gasteiger partial charge on any atom is -0.469 e. The van der Waals surface area contributed by atoms with Crippen molar-refractivity contribution in [3.8, 4) is 5.75 Å². The number of nitrogens with zero attached hydrogens (tertiary/aromatic N) is 2. The molecule has 0 unspecified atom stereocenters. The van der Waals surface area contributed by atoms with Crippen LogP contribution >= 0.6 is 0 Å². The van der Waals surface area contributed by atoms with E-state index in [1.54, 1.807) is 0 Å². The highest BCUT2D eigenvalue weighted by molar-refractivity contribution is 5.75. The van der Waals surface area contributed by atoms with Crippen LogP contribution in [0.4, 0.5) is 18.9 Å². The molecule has 0 aliphatic heterocycles. The predicted octanol–water partition coefficient (Wildman–Crippen LogP) is 1.91. The zero-order valence-electron chi connectivity index (χ0n) is 10.4. The number of alkyl halides is 3. The fourth-order valence-electron chi connectivity index (χ4n) is 1.44. The molecule has 0 amide bonds. The third-order valence-corrected chi connectivity index (χ3v) is 2.29. The van der Waals surface area contributed by atoms with E-state index in [9.17, 15) is 28.1 Å². The maximum absolute atomic E-state index is 12.2. The standard InChI is InChI=1S/C10H9F3N2O5/c1-5-6(3-8(16)19-2)9(15(17)18)7(4-14-5)20-10(11,12)13/h4H,3H2,1-2H3. The molecule has 0 saturated heterocycles. The van der Waals surface area contributed by atoms with E-state index in [1.165, 1.54) is 6.92 Å². The predicted molar refractivity (Wildman–Crippen MR) is 58.0 cm³/mol. The number of carbonyl (C=O) groups is 1. The lowest BCUT2D eigenvalue weighted by Gasteiger charge is -2.12. The van der Waals surface area contributed by atoms with Crippen LogP contribution in [0.3, 0.4) is 0 Å². The van der Waals surface area contributed by atoms with Crippen LogP contribution in [-0.2, 0) is 16.0 Å². The minimum absolute atomic E-state index is 0.0385. The molecule has 0 N–H and O–H groups in total. The topological polar surface area (TPSA) is 91.6 Å². The number of methoxy groups -OCH3 is 1. The average Bonchev–Trinajstić information content (AvgIpc) is 2.30. The lowest BCUT2D eigenvalue weighted by atomic mass is 10.1. The molecule has 1 aromatic heterocycles. The van der Waals surface area contributed by atoms with Crippen molar-refractivity contribution in [2.45, 2.75) is 19.7 Å². The molecule has 0 bridgehead atoms. The molecule has 0 atom stereocenters. The largest absolute Gasteiger partial charge is 0.573 e. The summed E-state index contributed by atoms with van der Waals surface area (Å²) < 4.78 is 44.4. The first kappa shape index (κ1) is 15.7. The summed E-state index contributed by atoms with van der Waals surface area (Å²) in [6.45, 7) is 1.32. The van der Waals surface area contributed by atoms with Gasteiger partial charge in [-0.2, -0.15) is 0 Å². The zero-order valence-corrected chi connectivity index (χ0v) is 10.4. The van der Waals surface area contributed by atoms with E-state index >= 15 is 0 Å². The third-order valence-electron chi connectivity index (χ3n) is 2.29. The summed E-state index contributed by atoms with van der Waals surface area (Å²) in [6.07, 6.45) is -5.10. The molecule has 0 aliphatic rings. The smallest absolute Gasteiger partial charge is 0.469 e. The number of aryl methyl sites for hydroxylation is 1. The first-order valence-electron chi connectivity index (χ1n) is 5.11. The number of hydrogen-bond donors (Lipinski definition) is 0. The van der Waals surface area contributed by atoms with Crippen LogP contribution in [0.2, 0.25) is 0 Å². The van der Waals surface area contributed by atoms with Gasteiger partial charge in [0.2, 0.25) is 5.75 Å². The number of esters is 1. The molecular weight excluding hydrogens is 285 g/mol. The number of carbonyl (C=O) groups excluding carboxylic acids is 1. The molecule has 1 rings (SSSR count). The van der Waals surface area contributed by atoms with Crippen molar-refractivity contribution in [1.82, 2.24) is 4.98 Å². The molecule has 1 heterocycles. The number of ether oxygens (including phenoxy) is 2. The molecule has 0 aromatic carbocycles. The highest BCUT2D eigenvalue weighted by atomic mass is 19.4. The highest BCUT2D eigenvalue weighted by Gasteiger charge is 2.36. The molecule has 20 heavy (non-hydrogen) atoms. The Labute approximate surface area is 110 Å². The number of hydrogen-bond acceptors (Lipinski definition) is 6. The van der Waals surface area contributed by atoms with Gasteiger partial charge >= 0.3 is 18.0 Å². The fraction of sp³-hybridized carbons (Fsp3) is 0.400. The van der Waals surface area contributed by atoms with Crippen LogP contribution in [0, 0.1) is 17.0 Å². The summed E-state index contributed by atoms with van der Waals surface area (Å²) >= 11 is 0. The quantitative estimate of drug-likeness (QED) is 0.478.